The van der Waals surface area contributed by atoms with Crippen LogP contribution < -0.4 is 10.0 Å². The highest BCUT2D eigenvalue weighted by molar-refractivity contribution is 8.14. The molecule has 1 fully saturated rings. The van der Waals surface area contributed by atoms with Crippen LogP contribution in [0.5, 0.6) is 0 Å². The van der Waals surface area contributed by atoms with E-state index < -0.39 is 23.0 Å². The molecule has 2 atom stereocenters. The normalized spacial score (nSPS) is 19.5. The number of aromatic carboxylic acids is 1. The number of hydrazone groups is 1. The van der Waals surface area contributed by atoms with Crippen LogP contribution in [0.15, 0.2) is 90.0 Å². The second-order valence-corrected chi connectivity index (χ2v) is 9.60. The lowest BCUT2D eigenvalue weighted by molar-refractivity contribution is -0.255. The fourth-order valence-electron chi connectivity index (χ4n) is 4.34. The fourth-order valence-corrected chi connectivity index (χ4v) is 5.32. The smallest absolute Gasteiger partial charge is 0.247 e. The van der Waals surface area contributed by atoms with Gasteiger partial charge in [-0.1, -0.05) is 84.6 Å². The molecule has 180 valence electrons. The van der Waals surface area contributed by atoms with Crippen molar-refractivity contribution in [2.75, 3.05) is 4.90 Å². The highest BCUT2D eigenvalue weighted by Gasteiger charge is 2.42. The quantitative estimate of drug-likeness (QED) is 0.329. The van der Waals surface area contributed by atoms with Gasteiger partial charge in [0.2, 0.25) is 11.8 Å². The van der Waals surface area contributed by atoms with Crippen molar-refractivity contribution in [2.45, 2.75) is 24.1 Å². The van der Waals surface area contributed by atoms with Crippen molar-refractivity contribution in [3.8, 4) is 0 Å². The molecule has 36 heavy (non-hydrogen) atoms. The lowest BCUT2D eigenvalue weighted by atomic mass is 9.99. The molecule has 0 aromatic heterocycles. The minimum Gasteiger partial charge on any atom is -0.545 e. The summed E-state index contributed by atoms with van der Waals surface area (Å²) in [6, 6.07) is 24.7. The molecule has 1 N–H and O–H groups in total. The molecule has 0 radical (unpaired) electrons. The molecule has 2 amide bonds. The van der Waals surface area contributed by atoms with E-state index in [1.54, 1.807) is 5.01 Å². The number of carbonyl (C=O) groups excluding carboxylic acids is 3. The molecule has 5 rings (SSSR count). The Morgan fingerprint density at radius 3 is 2.19 bits per heavy atom. The highest BCUT2D eigenvalue weighted by Crippen LogP contribution is 2.37. The van der Waals surface area contributed by atoms with Gasteiger partial charge in [0, 0.05) is 12.8 Å². The number of rotatable bonds is 5. The zero-order valence-corrected chi connectivity index (χ0v) is 19.9. The van der Waals surface area contributed by atoms with E-state index in [1.807, 2.05) is 60.7 Å². The predicted molar refractivity (Wildman–Crippen MR) is 136 cm³/mol. The van der Waals surface area contributed by atoms with E-state index in [0.717, 1.165) is 33.5 Å². The zero-order chi connectivity index (χ0) is 25.2. The number of thioether (sulfide) groups is 1. The lowest BCUT2D eigenvalue weighted by Crippen LogP contribution is -2.32. The number of amides is 2. The first-order valence-electron chi connectivity index (χ1n) is 11.3. The van der Waals surface area contributed by atoms with E-state index in [1.165, 1.54) is 24.3 Å². The van der Waals surface area contributed by atoms with E-state index in [0.29, 0.717) is 6.42 Å². The Hall–Kier alpha value is -4.24. The molecule has 0 bridgehead atoms. The third-order valence-electron chi connectivity index (χ3n) is 6.13. The summed E-state index contributed by atoms with van der Waals surface area (Å²) in [6.07, 6.45) is 0.540. The van der Waals surface area contributed by atoms with Crippen molar-refractivity contribution < 1.29 is 19.5 Å². The standard InChI is InChI=1S/C27H22N4O4S/c28-27(36-23-16-24(32)30(25(23)33)20-13-11-19(12-14-20)26(34)35)31-22(18-9-5-2-6-10-18)15-21(29-31)17-7-3-1-4-8-17/h1-14,22-23,28H,15-16H2,(H,34,35)/p-1/t22-,23+/m0/s1. The summed E-state index contributed by atoms with van der Waals surface area (Å²) in [5, 5.41) is 25.5. The van der Waals surface area contributed by atoms with E-state index in [9.17, 15) is 19.5 Å². The van der Waals surface area contributed by atoms with Crippen molar-refractivity contribution in [2.24, 2.45) is 5.10 Å². The second kappa shape index (κ2) is 9.79. The number of carbonyl (C=O) groups is 3. The summed E-state index contributed by atoms with van der Waals surface area (Å²) in [4.78, 5) is 37.9. The van der Waals surface area contributed by atoms with Crippen molar-refractivity contribution in [3.05, 3.63) is 102 Å². The molecule has 0 spiro atoms. The highest BCUT2D eigenvalue weighted by atomic mass is 32.2. The van der Waals surface area contributed by atoms with Gasteiger partial charge in [0.15, 0.2) is 5.17 Å². The SMILES string of the molecule is N=C(S[C@@H]1CC(=O)N(c2ccc(C(=O)[O-])cc2)C1=O)N1N=C(c2ccccc2)C[C@H]1c1ccccc1. The first kappa shape index (κ1) is 23.5. The number of carboxylic acid groups (broad SMARTS) is 1. The van der Waals surface area contributed by atoms with Crippen LogP contribution in [0.3, 0.4) is 0 Å². The topological polar surface area (TPSA) is 117 Å². The van der Waals surface area contributed by atoms with Crippen LogP contribution in [0.2, 0.25) is 0 Å². The first-order chi connectivity index (χ1) is 17.4. The van der Waals surface area contributed by atoms with E-state index in [2.05, 4.69) is 0 Å². The Balaban J connectivity index is 1.37. The average Bonchev–Trinajstić information content (AvgIpc) is 3.46. The van der Waals surface area contributed by atoms with Crippen LogP contribution in [-0.2, 0) is 9.59 Å². The first-order valence-corrected chi connectivity index (χ1v) is 12.2. The summed E-state index contributed by atoms with van der Waals surface area (Å²) in [5.74, 6) is -2.18. The van der Waals surface area contributed by atoms with E-state index >= 15 is 0 Å². The van der Waals surface area contributed by atoms with E-state index in [-0.39, 0.29) is 28.9 Å². The summed E-state index contributed by atoms with van der Waals surface area (Å²) < 4.78 is 0. The molecular weight excluding hydrogens is 476 g/mol. The molecule has 0 aliphatic carbocycles. The zero-order valence-electron chi connectivity index (χ0n) is 19.0. The number of anilines is 1. The number of imide groups is 1. The molecule has 9 heteroatoms. The van der Waals surface area contributed by atoms with Crippen LogP contribution in [-0.4, -0.2) is 38.9 Å². The molecule has 2 heterocycles. The monoisotopic (exact) mass is 497 g/mol. The average molecular weight is 498 g/mol. The summed E-state index contributed by atoms with van der Waals surface area (Å²) in [6.45, 7) is 0. The molecule has 3 aromatic rings. The van der Waals surface area contributed by atoms with Gasteiger partial charge in [0.05, 0.1) is 23.4 Å². The minimum absolute atomic E-state index is 0.0429. The largest absolute Gasteiger partial charge is 0.545 e. The molecule has 2 aliphatic rings. The molecule has 0 unspecified atom stereocenters. The van der Waals surface area contributed by atoms with E-state index in [4.69, 9.17) is 10.5 Å². The molecule has 8 nitrogen and oxygen atoms in total. The van der Waals surface area contributed by atoms with Crippen LogP contribution >= 0.6 is 11.8 Å². The molecule has 2 aliphatic heterocycles. The van der Waals surface area contributed by atoms with Gasteiger partial charge in [-0.05, 0) is 28.8 Å². The van der Waals surface area contributed by atoms with Crippen molar-refractivity contribution in [1.82, 2.24) is 5.01 Å². The van der Waals surface area contributed by atoms with Crippen LogP contribution in [0.4, 0.5) is 5.69 Å². The second-order valence-electron chi connectivity index (χ2n) is 8.41. The Bertz CT molecular complexity index is 1360. The van der Waals surface area contributed by atoms with Crippen molar-refractivity contribution in [3.63, 3.8) is 0 Å². The number of amidine groups is 1. The Labute approximate surface area is 211 Å². The van der Waals surface area contributed by atoms with Crippen molar-refractivity contribution in [1.29, 1.82) is 5.41 Å². The number of hydrogen-bond acceptors (Lipinski definition) is 7. The number of carboxylic acids is 1. The summed E-state index contributed by atoms with van der Waals surface area (Å²) >= 11 is 1.00. The van der Waals surface area contributed by atoms with Crippen LogP contribution in [0.25, 0.3) is 0 Å². The fraction of sp³-hybridized carbons (Fsp3) is 0.148. The molecular formula is C27H21N4O4S-. The van der Waals surface area contributed by atoms with Gasteiger partial charge in [0.25, 0.3) is 0 Å². The Morgan fingerprint density at radius 2 is 1.56 bits per heavy atom. The van der Waals surface area contributed by atoms with Gasteiger partial charge in [-0.3, -0.25) is 15.0 Å². The van der Waals surface area contributed by atoms with Gasteiger partial charge < -0.3 is 9.90 Å². The summed E-state index contributed by atoms with van der Waals surface area (Å²) in [5.41, 5.74) is 3.06. The third kappa shape index (κ3) is 4.52. The van der Waals surface area contributed by atoms with Crippen molar-refractivity contribution >= 4 is 46.1 Å². The van der Waals surface area contributed by atoms with Gasteiger partial charge in [-0.25, -0.2) is 9.91 Å². The maximum Gasteiger partial charge on any atom is 0.247 e. The van der Waals surface area contributed by atoms with Crippen LogP contribution in [0, 0.1) is 5.41 Å². The number of nitrogens with one attached hydrogen (secondary N) is 1. The Morgan fingerprint density at radius 1 is 0.917 bits per heavy atom. The number of hydrogen-bond donors (Lipinski definition) is 1. The number of benzene rings is 3. The predicted octanol–water partition coefficient (Wildman–Crippen LogP) is 3.20. The summed E-state index contributed by atoms with van der Waals surface area (Å²) in [7, 11) is 0. The van der Waals surface area contributed by atoms with Gasteiger partial charge in [0.1, 0.15) is 5.25 Å². The molecule has 0 saturated carbocycles. The number of nitrogens with zero attached hydrogens (tertiary/aromatic N) is 3. The molecule has 3 aromatic carbocycles. The maximum absolute atomic E-state index is 13.1. The van der Waals surface area contributed by atoms with Gasteiger partial charge >= 0.3 is 0 Å². The minimum atomic E-state index is -1.34. The lowest BCUT2D eigenvalue weighted by Gasteiger charge is -2.24. The third-order valence-corrected chi connectivity index (χ3v) is 7.19. The maximum atomic E-state index is 13.1. The Kier molecular flexibility index (Phi) is 6.39. The van der Waals surface area contributed by atoms with Gasteiger partial charge in [-0.2, -0.15) is 5.10 Å². The molecule has 1 saturated heterocycles. The van der Waals surface area contributed by atoms with Crippen LogP contribution in [0.1, 0.15) is 40.4 Å². The van der Waals surface area contributed by atoms with Gasteiger partial charge in [-0.15, -0.1) is 0 Å².